The minimum Gasteiger partial charge on any atom is -0.396 e. The fourth-order valence-electron chi connectivity index (χ4n) is 1.48. The highest BCUT2D eigenvalue weighted by molar-refractivity contribution is 4.77. The molecule has 2 unspecified atom stereocenters. The lowest BCUT2D eigenvalue weighted by atomic mass is 9.88. The summed E-state index contributed by atoms with van der Waals surface area (Å²) < 4.78 is 5.16. The average molecular weight is 217 g/mol. The molecule has 0 aromatic rings. The van der Waals surface area contributed by atoms with Gasteiger partial charge >= 0.3 is 0 Å². The van der Waals surface area contributed by atoms with Crippen molar-refractivity contribution in [1.29, 1.82) is 0 Å². The van der Waals surface area contributed by atoms with Crippen LogP contribution in [0.3, 0.4) is 0 Å². The highest BCUT2D eigenvalue weighted by Gasteiger charge is 2.21. The molecule has 0 saturated heterocycles. The molecule has 0 bridgehead atoms. The van der Waals surface area contributed by atoms with E-state index in [1.54, 1.807) is 7.11 Å². The van der Waals surface area contributed by atoms with Crippen LogP contribution in [0.1, 0.15) is 40.0 Å². The van der Waals surface area contributed by atoms with Crippen molar-refractivity contribution in [2.24, 2.45) is 5.41 Å². The first-order valence-corrected chi connectivity index (χ1v) is 5.95. The third-order valence-electron chi connectivity index (χ3n) is 3.06. The summed E-state index contributed by atoms with van der Waals surface area (Å²) >= 11 is 0. The van der Waals surface area contributed by atoms with Gasteiger partial charge in [-0.1, -0.05) is 27.2 Å². The van der Waals surface area contributed by atoms with Crippen molar-refractivity contribution in [3.63, 3.8) is 0 Å². The number of ether oxygens (including phenoxy) is 1. The first-order chi connectivity index (χ1) is 7.11. The fourth-order valence-corrected chi connectivity index (χ4v) is 1.48. The highest BCUT2D eigenvalue weighted by Crippen LogP contribution is 2.18. The molecule has 0 aliphatic rings. The third kappa shape index (κ3) is 6.13. The van der Waals surface area contributed by atoms with E-state index in [0.717, 1.165) is 32.4 Å². The Hall–Kier alpha value is -0.120. The molecular weight excluding hydrogens is 190 g/mol. The summed E-state index contributed by atoms with van der Waals surface area (Å²) in [4.78, 5) is 0. The largest absolute Gasteiger partial charge is 0.396 e. The summed E-state index contributed by atoms with van der Waals surface area (Å²) in [6.45, 7) is 8.24. The molecule has 0 saturated carbocycles. The Kier molecular flexibility index (Phi) is 8.02. The van der Waals surface area contributed by atoms with Gasteiger partial charge in [-0.2, -0.15) is 0 Å². The number of hydrogen-bond donors (Lipinski definition) is 2. The van der Waals surface area contributed by atoms with Crippen LogP contribution in [0.5, 0.6) is 0 Å². The molecule has 0 radical (unpaired) electrons. The molecule has 15 heavy (non-hydrogen) atoms. The van der Waals surface area contributed by atoms with Crippen LogP contribution in [0, 0.1) is 5.41 Å². The predicted molar refractivity (Wildman–Crippen MR) is 64.1 cm³/mol. The van der Waals surface area contributed by atoms with Crippen LogP contribution < -0.4 is 5.32 Å². The number of aliphatic hydroxyl groups is 1. The third-order valence-corrected chi connectivity index (χ3v) is 3.06. The standard InChI is InChI=1S/C12H27NO2/c1-5-7-11(8-15-4)13-9-12(3,6-2)10-14/h11,13-14H,5-10H2,1-4H3. The summed E-state index contributed by atoms with van der Waals surface area (Å²) in [5, 5.41) is 12.8. The fraction of sp³-hybridized carbons (Fsp3) is 1.00. The topological polar surface area (TPSA) is 41.5 Å². The van der Waals surface area contributed by atoms with Gasteiger partial charge in [-0.25, -0.2) is 0 Å². The quantitative estimate of drug-likeness (QED) is 0.619. The average Bonchev–Trinajstić information content (AvgIpc) is 2.26. The second-order valence-corrected chi connectivity index (χ2v) is 4.64. The molecule has 0 aliphatic carbocycles. The number of hydrogen-bond acceptors (Lipinski definition) is 3. The molecule has 3 heteroatoms. The Morgan fingerprint density at radius 2 is 2.07 bits per heavy atom. The minimum absolute atomic E-state index is 0.000265. The van der Waals surface area contributed by atoms with E-state index in [1.165, 1.54) is 0 Å². The Morgan fingerprint density at radius 1 is 1.40 bits per heavy atom. The van der Waals surface area contributed by atoms with Gasteiger partial charge in [0.2, 0.25) is 0 Å². The number of nitrogens with one attached hydrogen (secondary N) is 1. The first-order valence-electron chi connectivity index (χ1n) is 5.95. The normalized spacial score (nSPS) is 17.4. The Bertz CT molecular complexity index is 141. The van der Waals surface area contributed by atoms with Crippen LogP contribution in [0.15, 0.2) is 0 Å². The molecule has 0 aliphatic heterocycles. The molecular formula is C12H27NO2. The molecule has 0 rings (SSSR count). The van der Waals surface area contributed by atoms with E-state index in [0.29, 0.717) is 6.04 Å². The summed E-state index contributed by atoms with van der Waals surface area (Å²) in [6, 6.07) is 0.414. The first kappa shape index (κ1) is 14.9. The highest BCUT2D eigenvalue weighted by atomic mass is 16.5. The van der Waals surface area contributed by atoms with Crippen molar-refractivity contribution < 1.29 is 9.84 Å². The molecule has 2 N–H and O–H groups in total. The van der Waals surface area contributed by atoms with Crippen LogP contribution in [-0.4, -0.2) is 38.0 Å². The zero-order valence-electron chi connectivity index (χ0n) is 10.7. The van der Waals surface area contributed by atoms with Crippen molar-refractivity contribution in [3.05, 3.63) is 0 Å². The van der Waals surface area contributed by atoms with E-state index < -0.39 is 0 Å². The summed E-state index contributed by atoms with van der Waals surface area (Å²) in [6.07, 6.45) is 3.27. The predicted octanol–water partition coefficient (Wildman–Crippen LogP) is 1.80. The molecule has 2 atom stereocenters. The maximum atomic E-state index is 9.29. The van der Waals surface area contributed by atoms with Gasteiger partial charge in [-0.3, -0.25) is 0 Å². The van der Waals surface area contributed by atoms with Gasteiger partial charge in [-0.05, 0) is 12.8 Å². The van der Waals surface area contributed by atoms with Crippen molar-refractivity contribution in [1.82, 2.24) is 5.32 Å². The molecule has 3 nitrogen and oxygen atoms in total. The number of methoxy groups -OCH3 is 1. The maximum absolute atomic E-state index is 9.29. The molecule has 0 aromatic heterocycles. The van der Waals surface area contributed by atoms with Gasteiger partial charge in [0.1, 0.15) is 0 Å². The summed E-state index contributed by atoms with van der Waals surface area (Å²) in [5.74, 6) is 0. The summed E-state index contributed by atoms with van der Waals surface area (Å²) in [7, 11) is 1.73. The molecule has 92 valence electrons. The Morgan fingerprint density at radius 3 is 2.47 bits per heavy atom. The van der Waals surface area contributed by atoms with Gasteiger partial charge in [0.25, 0.3) is 0 Å². The Balaban J connectivity index is 3.95. The van der Waals surface area contributed by atoms with Crippen LogP contribution >= 0.6 is 0 Å². The van der Waals surface area contributed by atoms with Crippen molar-refractivity contribution in [2.45, 2.75) is 46.1 Å². The lowest BCUT2D eigenvalue weighted by Gasteiger charge is -2.29. The monoisotopic (exact) mass is 217 g/mol. The van der Waals surface area contributed by atoms with Gasteiger partial charge in [0.05, 0.1) is 6.61 Å². The van der Waals surface area contributed by atoms with E-state index in [9.17, 15) is 5.11 Å². The van der Waals surface area contributed by atoms with Crippen molar-refractivity contribution >= 4 is 0 Å². The van der Waals surface area contributed by atoms with Crippen LogP contribution in [0.25, 0.3) is 0 Å². The van der Waals surface area contributed by atoms with Gasteiger partial charge < -0.3 is 15.2 Å². The lowest BCUT2D eigenvalue weighted by molar-refractivity contribution is 0.115. The molecule has 0 fully saturated rings. The Labute approximate surface area is 94.2 Å². The van der Waals surface area contributed by atoms with Gasteiger partial charge in [0.15, 0.2) is 0 Å². The SMILES string of the molecule is CCCC(COC)NCC(C)(CC)CO. The molecule has 0 spiro atoms. The van der Waals surface area contributed by atoms with E-state index in [2.05, 4.69) is 26.1 Å². The van der Waals surface area contributed by atoms with Crippen molar-refractivity contribution in [2.75, 3.05) is 26.9 Å². The van der Waals surface area contributed by atoms with E-state index in [1.807, 2.05) is 0 Å². The minimum atomic E-state index is -0.000265. The second kappa shape index (κ2) is 8.08. The van der Waals surface area contributed by atoms with E-state index in [4.69, 9.17) is 4.74 Å². The summed E-state index contributed by atoms with van der Waals surface area (Å²) in [5.41, 5.74) is -0.000265. The molecule has 0 heterocycles. The second-order valence-electron chi connectivity index (χ2n) is 4.64. The van der Waals surface area contributed by atoms with E-state index >= 15 is 0 Å². The lowest BCUT2D eigenvalue weighted by Crippen LogP contribution is -2.42. The molecule has 0 amide bonds. The van der Waals surface area contributed by atoms with Crippen LogP contribution in [0.4, 0.5) is 0 Å². The van der Waals surface area contributed by atoms with Crippen LogP contribution in [-0.2, 0) is 4.74 Å². The maximum Gasteiger partial charge on any atom is 0.0615 e. The molecule has 0 aromatic carbocycles. The smallest absolute Gasteiger partial charge is 0.0615 e. The van der Waals surface area contributed by atoms with Crippen molar-refractivity contribution in [3.8, 4) is 0 Å². The van der Waals surface area contributed by atoms with E-state index in [-0.39, 0.29) is 12.0 Å². The number of aliphatic hydroxyl groups excluding tert-OH is 1. The van der Waals surface area contributed by atoms with Gasteiger partial charge in [0, 0.05) is 31.7 Å². The zero-order chi connectivity index (χ0) is 11.7. The van der Waals surface area contributed by atoms with Gasteiger partial charge in [-0.15, -0.1) is 0 Å². The zero-order valence-corrected chi connectivity index (χ0v) is 10.7. The number of rotatable bonds is 9. The van der Waals surface area contributed by atoms with Crippen LogP contribution in [0.2, 0.25) is 0 Å².